The van der Waals surface area contributed by atoms with Crippen LogP contribution in [0.4, 0.5) is 0 Å². The Morgan fingerprint density at radius 2 is 1.83 bits per heavy atom. The summed E-state index contributed by atoms with van der Waals surface area (Å²) in [7, 11) is 0. The molecule has 2 atom stereocenters. The minimum atomic E-state index is -0.344. The molecule has 18 heavy (non-hydrogen) atoms. The van der Waals surface area contributed by atoms with Crippen LogP contribution >= 0.6 is 0 Å². The first-order valence-electron chi connectivity index (χ1n) is 6.55. The highest BCUT2D eigenvalue weighted by Gasteiger charge is 2.34. The highest BCUT2D eigenvalue weighted by molar-refractivity contribution is 5.82. The number of amides is 2. The lowest BCUT2D eigenvalue weighted by molar-refractivity contribution is -0.145. The van der Waals surface area contributed by atoms with E-state index in [0.29, 0.717) is 32.5 Å². The molecule has 6 nitrogen and oxygen atoms in total. The Balaban J connectivity index is 1.83. The van der Waals surface area contributed by atoms with E-state index < -0.39 is 0 Å². The van der Waals surface area contributed by atoms with Crippen molar-refractivity contribution in [2.24, 2.45) is 17.4 Å². The average Bonchev–Trinajstić information content (AvgIpc) is 2.86. The molecule has 0 aromatic rings. The summed E-state index contributed by atoms with van der Waals surface area (Å²) in [5.41, 5.74) is 10.8. The van der Waals surface area contributed by atoms with Crippen molar-refractivity contribution < 1.29 is 14.3 Å². The van der Waals surface area contributed by atoms with Gasteiger partial charge in [-0.05, 0) is 25.7 Å². The fourth-order valence-electron chi connectivity index (χ4n) is 2.65. The normalized spacial score (nSPS) is 29.5. The van der Waals surface area contributed by atoms with Gasteiger partial charge >= 0.3 is 0 Å². The van der Waals surface area contributed by atoms with Crippen molar-refractivity contribution in [2.75, 3.05) is 19.6 Å². The third-order valence-electron chi connectivity index (χ3n) is 3.85. The molecule has 2 amide bonds. The number of hydrogen-bond donors (Lipinski definition) is 2. The van der Waals surface area contributed by atoms with Crippen molar-refractivity contribution in [3.63, 3.8) is 0 Å². The van der Waals surface area contributed by atoms with Gasteiger partial charge in [0.05, 0.1) is 6.10 Å². The van der Waals surface area contributed by atoms with E-state index in [1.807, 2.05) is 0 Å². The first kappa shape index (κ1) is 13.3. The molecule has 2 unspecified atom stereocenters. The summed E-state index contributed by atoms with van der Waals surface area (Å²) in [5, 5.41) is 0. The Hall–Kier alpha value is -1.14. The number of primary amides is 1. The van der Waals surface area contributed by atoms with Crippen molar-refractivity contribution in [1.29, 1.82) is 0 Å². The maximum Gasteiger partial charge on any atom is 0.251 e. The molecule has 2 aliphatic heterocycles. The second kappa shape index (κ2) is 5.67. The fourth-order valence-corrected chi connectivity index (χ4v) is 2.65. The van der Waals surface area contributed by atoms with Gasteiger partial charge in [0.2, 0.25) is 5.91 Å². The van der Waals surface area contributed by atoms with E-state index in [1.165, 1.54) is 0 Å². The Bertz CT molecular complexity index is 327. The minimum absolute atomic E-state index is 0.0158. The SMILES string of the molecule is NCC1CCC(C(=O)N2CCC(C(N)=O)CC2)O1. The van der Waals surface area contributed by atoms with Crippen LogP contribution in [-0.2, 0) is 14.3 Å². The summed E-state index contributed by atoms with van der Waals surface area (Å²) in [4.78, 5) is 25.0. The summed E-state index contributed by atoms with van der Waals surface area (Å²) < 4.78 is 5.59. The van der Waals surface area contributed by atoms with E-state index in [2.05, 4.69) is 0 Å². The van der Waals surface area contributed by atoms with Gasteiger partial charge in [-0.1, -0.05) is 0 Å². The molecule has 0 saturated carbocycles. The lowest BCUT2D eigenvalue weighted by Gasteiger charge is -2.32. The molecule has 0 aromatic heterocycles. The summed E-state index contributed by atoms with van der Waals surface area (Å²) >= 11 is 0. The number of ether oxygens (including phenoxy) is 1. The minimum Gasteiger partial charge on any atom is -0.369 e. The summed E-state index contributed by atoms with van der Waals surface area (Å²) in [6.07, 6.45) is 2.59. The van der Waals surface area contributed by atoms with Crippen molar-refractivity contribution in [3.8, 4) is 0 Å². The molecule has 4 N–H and O–H groups in total. The lowest BCUT2D eigenvalue weighted by Crippen LogP contribution is -2.46. The zero-order chi connectivity index (χ0) is 13.1. The van der Waals surface area contributed by atoms with Crippen LogP contribution in [-0.4, -0.2) is 48.6 Å². The van der Waals surface area contributed by atoms with Gasteiger partial charge in [-0.3, -0.25) is 9.59 Å². The monoisotopic (exact) mass is 255 g/mol. The predicted octanol–water partition coefficient (Wildman–Crippen LogP) is -0.783. The number of nitrogens with zero attached hydrogens (tertiary/aromatic N) is 1. The van der Waals surface area contributed by atoms with Gasteiger partial charge in [0.25, 0.3) is 5.91 Å². The topological polar surface area (TPSA) is 98.7 Å². The van der Waals surface area contributed by atoms with Gasteiger partial charge in [0.1, 0.15) is 6.10 Å². The van der Waals surface area contributed by atoms with E-state index in [-0.39, 0.29) is 29.9 Å². The van der Waals surface area contributed by atoms with Gasteiger partial charge in [-0.25, -0.2) is 0 Å². The molecule has 102 valence electrons. The van der Waals surface area contributed by atoms with Crippen molar-refractivity contribution in [2.45, 2.75) is 37.9 Å². The van der Waals surface area contributed by atoms with Crippen LogP contribution < -0.4 is 11.5 Å². The first-order chi connectivity index (χ1) is 8.61. The van der Waals surface area contributed by atoms with Crippen LogP contribution in [0.25, 0.3) is 0 Å². The Labute approximate surface area is 107 Å². The number of carbonyl (C=O) groups excluding carboxylic acids is 2. The maximum atomic E-state index is 12.2. The average molecular weight is 255 g/mol. The number of carbonyl (C=O) groups is 2. The van der Waals surface area contributed by atoms with Gasteiger partial charge < -0.3 is 21.1 Å². The zero-order valence-electron chi connectivity index (χ0n) is 10.5. The smallest absolute Gasteiger partial charge is 0.251 e. The van der Waals surface area contributed by atoms with Crippen LogP contribution in [0, 0.1) is 5.92 Å². The number of piperidine rings is 1. The second-order valence-corrected chi connectivity index (χ2v) is 5.06. The van der Waals surface area contributed by atoms with Gasteiger partial charge in [-0.2, -0.15) is 0 Å². The van der Waals surface area contributed by atoms with Crippen molar-refractivity contribution >= 4 is 11.8 Å². The van der Waals surface area contributed by atoms with Gasteiger partial charge in [0, 0.05) is 25.6 Å². The Morgan fingerprint density at radius 3 is 2.33 bits per heavy atom. The van der Waals surface area contributed by atoms with E-state index in [0.717, 1.165) is 12.8 Å². The van der Waals surface area contributed by atoms with Crippen LogP contribution in [0.3, 0.4) is 0 Å². The highest BCUT2D eigenvalue weighted by atomic mass is 16.5. The molecule has 0 aromatic carbocycles. The van der Waals surface area contributed by atoms with E-state index in [9.17, 15) is 9.59 Å². The molecule has 0 radical (unpaired) electrons. The van der Waals surface area contributed by atoms with Crippen molar-refractivity contribution in [3.05, 3.63) is 0 Å². The predicted molar refractivity (Wildman–Crippen MR) is 65.4 cm³/mol. The van der Waals surface area contributed by atoms with Crippen LogP contribution in [0.2, 0.25) is 0 Å². The molecule has 2 saturated heterocycles. The maximum absolute atomic E-state index is 12.2. The number of hydrogen-bond acceptors (Lipinski definition) is 4. The molecule has 0 spiro atoms. The van der Waals surface area contributed by atoms with Gasteiger partial charge in [0.15, 0.2) is 0 Å². The van der Waals surface area contributed by atoms with E-state index >= 15 is 0 Å². The molecule has 6 heteroatoms. The van der Waals surface area contributed by atoms with E-state index in [1.54, 1.807) is 4.90 Å². The lowest BCUT2D eigenvalue weighted by atomic mass is 9.96. The molecule has 0 aliphatic carbocycles. The highest BCUT2D eigenvalue weighted by Crippen LogP contribution is 2.23. The van der Waals surface area contributed by atoms with Gasteiger partial charge in [-0.15, -0.1) is 0 Å². The fraction of sp³-hybridized carbons (Fsp3) is 0.833. The standard InChI is InChI=1S/C12H21N3O3/c13-7-9-1-2-10(18-9)12(17)15-5-3-8(4-6-15)11(14)16/h8-10H,1-7,13H2,(H2,14,16). The molecule has 2 heterocycles. The molecule has 2 fully saturated rings. The number of nitrogens with two attached hydrogens (primary N) is 2. The quantitative estimate of drug-likeness (QED) is 0.691. The Kier molecular flexibility index (Phi) is 4.19. The summed E-state index contributed by atoms with van der Waals surface area (Å²) in [6, 6.07) is 0. The number of likely N-dealkylation sites (tertiary alicyclic amines) is 1. The molecule has 0 bridgehead atoms. The van der Waals surface area contributed by atoms with Crippen molar-refractivity contribution in [1.82, 2.24) is 4.90 Å². The van der Waals surface area contributed by atoms with Crippen LogP contribution in [0.1, 0.15) is 25.7 Å². The summed E-state index contributed by atoms with van der Waals surface area (Å²) in [5.74, 6) is -0.313. The van der Waals surface area contributed by atoms with Crippen LogP contribution in [0.15, 0.2) is 0 Å². The molecular weight excluding hydrogens is 234 g/mol. The number of rotatable bonds is 3. The first-order valence-corrected chi connectivity index (χ1v) is 6.55. The molecular formula is C12H21N3O3. The third-order valence-corrected chi connectivity index (χ3v) is 3.85. The largest absolute Gasteiger partial charge is 0.369 e. The summed E-state index contributed by atoms with van der Waals surface area (Å²) in [6.45, 7) is 1.66. The molecule has 2 rings (SSSR count). The second-order valence-electron chi connectivity index (χ2n) is 5.06. The third kappa shape index (κ3) is 2.81. The van der Waals surface area contributed by atoms with Crippen LogP contribution in [0.5, 0.6) is 0 Å². The molecule has 2 aliphatic rings. The zero-order valence-corrected chi connectivity index (χ0v) is 10.5. The Morgan fingerprint density at radius 1 is 1.17 bits per heavy atom. The van der Waals surface area contributed by atoms with E-state index in [4.69, 9.17) is 16.2 Å².